The lowest BCUT2D eigenvalue weighted by atomic mass is 10.1. The molecule has 0 heterocycles. The Labute approximate surface area is 88.7 Å². The second-order valence-electron chi connectivity index (χ2n) is 2.94. The van der Waals surface area contributed by atoms with E-state index < -0.39 is 0 Å². The Morgan fingerprint density at radius 2 is 2.00 bits per heavy atom. The fourth-order valence-corrected chi connectivity index (χ4v) is 1.09. The number of thiocarbonyl (C=S) groups is 1. The number of hydrogen-bond donors (Lipinski definition) is 1. The average Bonchev–Trinajstić information content (AvgIpc) is 2.16. The van der Waals surface area contributed by atoms with Gasteiger partial charge in [-0.1, -0.05) is 42.0 Å². The first kappa shape index (κ1) is 10.4. The molecule has 0 aromatic heterocycles. The van der Waals surface area contributed by atoms with Crippen molar-refractivity contribution < 1.29 is 0 Å². The van der Waals surface area contributed by atoms with Gasteiger partial charge in [0.15, 0.2) is 0 Å². The van der Waals surface area contributed by atoms with E-state index in [9.17, 15) is 0 Å². The fourth-order valence-electron chi connectivity index (χ4n) is 0.988. The highest BCUT2D eigenvalue weighted by atomic mass is 32.1. The topological polar surface area (TPSA) is 49.8 Å². The Kier molecular flexibility index (Phi) is 3.38. The maximum Gasteiger partial charge on any atom is 0.114 e. The first-order chi connectivity index (χ1) is 6.63. The number of nitrogens with zero attached hydrogens (tertiary/aromatic N) is 1. The minimum Gasteiger partial charge on any atom is -0.389 e. The third kappa shape index (κ3) is 2.68. The fraction of sp³-hybridized carbons (Fsp3) is 0.0909. The highest BCUT2D eigenvalue weighted by Gasteiger charge is 1.98. The monoisotopic (exact) mass is 202 g/mol. The van der Waals surface area contributed by atoms with E-state index in [0.29, 0.717) is 5.57 Å². The largest absolute Gasteiger partial charge is 0.389 e. The van der Waals surface area contributed by atoms with Crippen LogP contribution in [-0.2, 0) is 0 Å². The smallest absolute Gasteiger partial charge is 0.114 e. The Morgan fingerprint density at radius 1 is 1.43 bits per heavy atom. The van der Waals surface area contributed by atoms with Gasteiger partial charge in [0, 0.05) is 0 Å². The van der Waals surface area contributed by atoms with E-state index >= 15 is 0 Å². The molecule has 0 fully saturated rings. The summed E-state index contributed by atoms with van der Waals surface area (Å²) in [5.74, 6) is 0. The molecule has 0 aliphatic rings. The number of rotatable bonds is 2. The van der Waals surface area contributed by atoms with E-state index in [1.54, 1.807) is 6.08 Å². The Morgan fingerprint density at radius 3 is 2.43 bits per heavy atom. The van der Waals surface area contributed by atoms with Crippen molar-refractivity contribution in [2.45, 2.75) is 6.92 Å². The number of nitrogens with two attached hydrogens (primary N) is 1. The minimum atomic E-state index is 0.132. The summed E-state index contributed by atoms with van der Waals surface area (Å²) in [6, 6.07) is 9.75. The molecule has 0 unspecified atom stereocenters. The molecule has 1 aromatic carbocycles. The lowest BCUT2D eigenvalue weighted by Gasteiger charge is -1.96. The quantitative estimate of drug-likeness (QED) is 0.454. The van der Waals surface area contributed by atoms with Gasteiger partial charge < -0.3 is 5.73 Å². The van der Waals surface area contributed by atoms with Crippen molar-refractivity contribution in [3.8, 4) is 6.07 Å². The molecular weight excluding hydrogens is 192 g/mol. The molecule has 0 saturated carbocycles. The highest BCUT2D eigenvalue weighted by molar-refractivity contribution is 7.80. The van der Waals surface area contributed by atoms with Gasteiger partial charge in [-0.05, 0) is 18.6 Å². The molecule has 1 rings (SSSR count). The Bertz CT molecular complexity index is 410. The van der Waals surface area contributed by atoms with Gasteiger partial charge >= 0.3 is 0 Å². The zero-order chi connectivity index (χ0) is 10.6. The molecule has 0 bridgehead atoms. The minimum absolute atomic E-state index is 0.132. The SMILES string of the molecule is Cc1ccc(C=C(C#N)C(N)=S)cc1. The van der Waals surface area contributed by atoms with Crippen LogP contribution in [0, 0.1) is 18.3 Å². The first-order valence-corrected chi connectivity index (χ1v) is 4.52. The van der Waals surface area contributed by atoms with Crippen LogP contribution in [-0.4, -0.2) is 4.99 Å². The van der Waals surface area contributed by atoms with Gasteiger partial charge in [0.2, 0.25) is 0 Å². The summed E-state index contributed by atoms with van der Waals surface area (Å²) < 4.78 is 0. The molecule has 70 valence electrons. The van der Waals surface area contributed by atoms with Gasteiger partial charge in [-0.25, -0.2) is 0 Å². The van der Waals surface area contributed by atoms with Crippen molar-refractivity contribution in [3.05, 3.63) is 41.0 Å². The highest BCUT2D eigenvalue weighted by Crippen LogP contribution is 2.08. The summed E-state index contributed by atoms with van der Waals surface area (Å²) in [4.78, 5) is 0.132. The molecule has 0 aliphatic heterocycles. The summed E-state index contributed by atoms with van der Waals surface area (Å²) in [5.41, 5.74) is 7.81. The van der Waals surface area contributed by atoms with Gasteiger partial charge in [0.25, 0.3) is 0 Å². The van der Waals surface area contributed by atoms with E-state index in [1.807, 2.05) is 37.3 Å². The Balaban J connectivity index is 3.03. The van der Waals surface area contributed by atoms with Crippen molar-refractivity contribution >= 4 is 23.3 Å². The van der Waals surface area contributed by atoms with Crippen LogP contribution in [0.2, 0.25) is 0 Å². The van der Waals surface area contributed by atoms with E-state index in [-0.39, 0.29) is 4.99 Å². The Hall–Kier alpha value is -1.66. The maximum atomic E-state index is 8.73. The van der Waals surface area contributed by atoms with Gasteiger partial charge in [-0.2, -0.15) is 5.26 Å². The van der Waals surface area contributed by atoms with Crippen molar-refractivity contribution in [2.75, 3.05) is 0 Å². The molecule has 2 nitrogen and oxygen atoms in total. The summed E-state index contributed by atoms with van der Waals surface area (Å²) >= 11 is 4.73. The molecular formula is C11H10N2S. The zero-order valence-electron chi connectivity index (χ0n) is 7.82. The van der Waals surface area contributed by atoms with E-state index in [0.717, 1.165) is 5.56 Å². The van der Waals surface area contributed by atoms with Crippen LogP contribution in [0.5, 0.6) is 0 Å². The molecule has 3 heteroatoms. The van der Waals surface area contributed by atoms with Crippen molar-refractivity contribution in [1.82, 2.24) is 0 Å². The summed E-state index contributed by atoms with van der Waals surface area (Å²) in [5, 5.41) is 8.73. The van der Waals surface area contributed by atoms with Crippen molar-refractivity contribution in [1.29, 1.82) is 5.26 Å². The predicted octanol–water partition coefficient (Wildman–Crippen LogP) is 2.19. The second-order valence-corrected chi connectivity index (χ2v) is 3.38. The van der Waals surface area contributed by atoms with Crippen LogP contribution in [0.4, 0.5) is 0 Å². The van der Waals surface area contributed by atoms with Crippen LogP contribution in [0.25, 0.3) is 6.08 Å². The van der Waals surface area contributed by atoms with Crippen LogP contribution >= 0.6 is 12.2 Å². The van der Waals surface area contributed by atoms with E-state index in [2.05, 4.69) is 0 Å². The van der Waals surface area contributed by atoms with Crippen LogP contribution in [0.3, 0.4) is 0 Å². The summed E-state index contributed by atoms with van der Waals surface area (Å²) in [6.07, 6.45) is 1.68. The lowest BCUT2D eigenvalue weighted by molar-refractivity contribution is 1.46. The number of aryl methyl sites for hydroxylation is 1. The number of hydrogen-bond acceptors (Lipinski definition) is 2. The zero-order valence-corrected chi connectivity index (χ0v) is 8.64. The molecule has 0 aliphatic carbocycles. The normalized spacial score (nSPS) is 10.7. The van der Waals surface area contributed by atoms with Crippen LogP contribution < -0.4 is 5.73 Å². The van der Waals surface area contributed by atoms with Gasteiger partial charge in [0.05, 0.1) is 5.57 Å². The van der Waals surface area contributed by atoms with Crippen LogP contribution in [0.15, 0.2) is 29.8 Å². The third-order valence-corrected chi connectivity index (χ3v) is 1.99. The van der Waals surface area contributed by atoms with E-state index in [4.69, 9.17) is 23.2 Å². The molecule has 0 spiro atoms. The predicted molar refractivity (Wildman–Crippen MR) is 61.6 cm³/mol. The molecule has 2 N–H and O–H groups in total. The third-order valence-electron chi connectivity index (χ3n) is 1.77. The van der Waals surface area contributed by atoms with Crippen molar-refractivity contribution in [2.24, 2.45) is 5.73 Å². The molecule has 0 amide bonds. The number of nitriles is 1. The van der Waals surface area contributed by atoms with E-state index in [1.165, 1.54) is 5.56 Å². The van der Waals surface area contributed by atoms with Crippen LogP contribution in [0.1, 0.15) is 11.1 Å². The first-order valence-electron chi connectivity index (χ1n) is 4.12. The number of benzene rings is 1. The molecule has 0 saturated heterocycles. The maximum absolute atomic E-state index is 8.73. The molecule has 0 atom stereocenters. The van der Waals surface area contributed by atoms with Gasteiger partial charge in [-0.15, -0.1) is 0 Å². The average molecular weight is 202 g/mol. The molecule has 14 heavy (non-hydrogen) atoms. The second kappa shape index (κ2) is 4.54. The summed E-state index contributed by atoms with van der Waals surface area (Å²) in [6.45, 7) is 2.01. The van der Waals surface area contributed by atoms with Gasteiger partial charge in [0.1, 0.15) is 11.1 Å². The standard InChI is InChI=1S/C11H10N2S/c1-8-2-4-9(5-3-8)6-10(7-12)11(13)14/h2-6H,1H3,(H2,13,14). The summed E-state index contributed by atoms with van der Waals surface area (Å²) in [7, 11) is 0. The molecule has 1 aromatic rings. The van der Waals surface area contributed by atoms with Gasteiger partial charge in [-0.3, -0.25) is 0 Å². The molecule has 0 radical (unpaired) electrons. The van der Waals surface area contributed by atoms with Crippen molar-refractivity contribution in [3.63, 3.8) is 0 Å². The lowest BCUT2D eigenvalue weighted by Crippen LogP contribution is -2.09.